The normalized spacial score (nSPS) is 10.0. The summed E-state index contributed by atoms with van der Waals surface area (Å²) in [5.74, 6) is -1.55. The maximum Gasteiger partial charge on any atom is 0.345 e. The van der Waals surface area contributed by atoms with Crippen molar-refractivity contribution in [1.29, 1.82) is 0 Å². The SMILES string of the molecule is COC(=O)c1c(O)c(Br)c(OC)c(Br)c1O. The van der Waals surface area contributed by atoms with Gasteiger partial charge in [-0.2, -0.15) is 0 Å². The standard InChI is InChI=1S/C9H8Br2O5/c1-15-8-4(10)6(12)3(9(14)16-2)7(13)5(8)11/h12-13H,1-2H3. The van der Waals surface area contributed by atoms with E-state index in [2.05, 4.69) is 36.6 Å². The van der Waals surface area contributed by atoms with E-state index >= 15 is 0 Å². The molecule has 88 valence electrons. The minimum atomic E-state index is -0.848. The van der Waals surface area contributed by atoms with Crippen molar-refractivity contribution in [3.05, 3.63) is 14.5 Å². The van der Waals surface area contributed by atoms with Crippen LogP contribution in [-0.2, 0) is 4.74 Å². The molecule has 0 heterocycles. The molecule has 0 saturated carbocycles. The monoisotopic (exact) mass is 354 g/mol. The lowest BCUT2D eigenvalue weighted by Crippen LogP contribution is -2.04. The Morgan fingerprint density at radius 1 is 1.12 bits per heavy atom. The molecule has 1 aromatic carbocycles. The van der Waals surface area contributed by atoms with Gasteiger partial charge >= 0.3 is 5.97 Å². The van der Waals surface area contributed by atoms with Gasteiger partial charge in [0.25, 0.3) is 0 Å². The number of benzene rings is 1. The first-order valence-corrected chi connectivity index (χ1v) is 5.59. The molecule has 2 N–H and O–H groups in total. The summed E-state index contributed by atoms with van der Waals surface area (Å²) in [4.78, 5) is 11.3. The third-order valence-corrected chi connectivity index (χ3v) is 3.35. The van der Waals surface area contributed by atoms with E-state index in [0.717, 1.165) is 7.11 Å². The molecule has 0 radical (unpaired) electrons. The molecule has 0 saturated heterocycles. The molecule has 0 fully saturated rings. The number of rotatable bonds is 2. The second kappa shape index (κ2) is 4.92. The topological polar surface area (TPSA) is 76.0 Å². The van der Waals surface area contributed by atoms with Gasteiger partial charge in [0.1, 0.15) is 14.5 Å². The van der Waals surface area contributed by atoms with E-state index in [9.17, 15) is 15.0 Å². The van der Waals surface area contributed by atoms with Crippen molar-refractivity contribution >= 4 is 37.8 Å². The third-order valence-electron chi connectivity index (χ3n) is 1.88. The first-order valence-electron chi connectivity index (χ1n) is 4.00. The van der Waals surface area contributed by atoms with Crippen molar-refractivity contribution in [2.75, 3.05) is 14.2 Å². The van der Waals surface area contributed by atoms with Crippen LogP contribution in [0.4, 0.5) is 0 Å². The third kappa shape index (κ3) is 1.97. The Kier molecular flexibility index (Phi) is 4.03. The molecular formula is C9H8Br2O5. The molecule has 7 heteroatoms. The lowest BCUT2D eigenvalue weighted by molar-refractivity contribution is 0.0593. The van der Waals surface area contributed by atoms with Gasteiger partial charge < -0.3 is 19.7 Å². The van der Waals surface area contributed by atoms with Crippen molar-refractivity contribution < 1.29 is 24.5 Å². The minimum absolute atomic E-state index is 0.153. The predicted octanol–water partition coefficient (Wildman–Crippen LogP) is 2.42. The van der Waals surface area contributed by atoms with E-state index in [1.807, 2.05) is 0 Å². The summed E-state index contributed by atoms with van der Waals surface area (Å²) < 4.78 is 9.69. The molecular weight excluding hydrogens is 348 g/mol. The van der Waals surface area contributed by atoms with Crippen LogP contribution in [0.5, 0.6) is 17.2 Å². The Bertz CT molecular complexity index is 415. The van der Waals surface area contributed by atoms with Crippen LogP contribution >= 0.6 is 31.9 Å². The zero-order valence-corrected chi connectivity index (χ0v) is 11.5. The maximum absolute atomic E-state index is 11.3. The summed E-state index contributed by atoms with van der Waals surface area (Å²) in [5, 5.41) is 19.4. The highest BCUT2D eigenvalue weighted by molar-refractivity contribution is 9.11. The van der Waals surface area contributed by atoms with Gasteiger partial charge in [0, 0.05) is 0 Å². The fraction of sp³-hybridized carbons (Fsp3) is 0.222. The molecule has 0 amide bonds. The molecule has 0 spiro atoms. The molecule has 0 unspecified atom stereocenters. The van der Waals surface area contributed by atoms with Crippen LogP contribution in [0.3, 0.4) is 0 Å². The smallest absolute Gasteiger partial charge is 0.345 e. The van der Waals surface area contributed by atoms with Gasteiger partial charge in [-0.15, -0.1) is 0 Å². The van der Waals surface area contributed by atoms with Gasteiger partial charge in [0.2, 0.25) is 0 Å². The number of carbonyl (C=O) groups is 1. The van der Waals surface area contributed by atoms with Gasteiger partial charge in [-0.3, -0.25) is 0 Å². The molecule has 16 heavy (non-hydrogen) atoms. The van der Waals surface area contributed by atoms with Gasteiger partial charge in [-0.05, 0) is 31.9 Å². The second-order valence-corrected chi connectivity index (χ2v) is 4.31. The van der Waals surface area contributed by atoms with Crippen molar-refractivity contribution in [2.45, 2.75) is 0 Å². The quantitative estimate of drug-likeness (QED) is 0.797. The number of halogens is 2. The lowest BCUT2D eigenvalue weighted by atomic mass is 10.1. The van der Waals surface area contributed by atoms with Crippen LogP contribution in [0.25, 0.3) is 0 Å². The molecule has 0 aliphatic heterocycles. The number of aromatic hydroxyl groups is 2. The fourth-order valence-corrected chi connectivity index (χ4v) is 2.50. The van der Waals surface area contributed by atoms with Crippen LogP contribution in [0.1, 0.15) is 10.4 Å². The first kappa shape index (κ1) is 13.1. The van der Waals surface area contributed by atoms with Gasteiger partial charge in [-0.1, -0.05) is 0 Å². The molecule has 0 bridgehead atoms. The number of esters is 1. The van der Waals surface area contributed by atoms with E-state index < -0.39 is 17.5 Å². The number of methoxy groups -OCH3 is 2. The molecule has 0 atom stereocenters. The highest BCUT2D eigenvalue weighted by atomic mass is 79.9. The fourth-order valence-electron chi connectivity index (χ4n) is 1.12. The predicted molar refractivity (Wildman–Crippen MR) is 63.1 cm³/mol. The number of hydrogen-bond acceptors (Lipinski definition) is 5. The summed E-state index contributed by atoms with van der Waals surface area (Å²) in [6.45, 7) is 0. The van der Waals surface area contributed by atoms with E-state index in [4.69, 9.17) is 4.74 Å². The average Bonchev–Trinajstić information content (AvgIpc) is 2.27. The van der Waals surface area contributed by atoms with Crippen molar-refractivity contribution in [3.8, 4) is 17.2 Å². The van der Waals surface area contributed by atoms with Crippen molar-refractivity contribution in [1.82, 2.24) is 0 Å². The Balaban J connectivity index is 3.60. The minimum Gasteiger partial charge on any atom is -0.506 e. The summed E-state index contributed by atoms with van der Waals surface area (Å²) in [6, 6.07) is 0. The Labute approximate surface area is 108 Å². The summed E-state index contributed by atoms with van der Waals surface area (Å²) in [7, 11) is 2.51. The highest BCUT2D eigenvalue weighted by Gasteiger charge is 2.26. The number of hydrogen-bond donors (Lipinski definition) is 2. The summed E-state index contributed by atoms with van der Waals surface area (Å²) >= 11 is 6.10. The van der Waals surface area contributed by atoms with Crippen LogP contribution in [0.15, 0.2) is 8.95 Å². The van der Waals surface area contributed by atoms with Crippen molar-refractivity contribution in [2.24, 2.45) is 0 Å². The lowest BCUT2D eigenvalue weighted by Gasteiger charge is -2.13. The highest BCUT2D eigenvalue weighted by Crippen LogP contribution is 2.48. The molecule has 1 rings (SSSR count). The zero-order chi connectivity index (χ0) is 12.5. The zero-order valence-electron chi connectivity index (χ0n) is 8.38. The summed E-state index contributed by atoms with van der Waals surface area (Å²) in [6.07, 6.45) is 0. The molecule has 0 aromatic heterocycles. The first-order chi connectivity index (χ1) is 7.45. The van der Waals surface area contributed by atoms with Crippen LogP contribution in [-0.4, -0.2) is 30.4 Å². The van der Waals surface area contributed by atoms with Crippen LogP contribution in [0, 0.1) is 0 Å². The number of carbonyl (C=O) groups excluding carboxylic acids is 1. The van der Waals surface area contributed by atoms with Gasteiger partial charge in [0.05, 0.1) is 14.2 Å². The van der Waals surface area contributed by atoms with Crippen LogP contribution in [0.2, 0.25) is 0 Å². The average molecular weight is 356 g/mol. The van der Waals surface area contributed by atoms with E-state index in [1.54, 1.807) is 0 Å². The van der Waals surface area contributed by atoms with Gasteiger partial charge in [0.15, 0.2) is 17.2 Å². The Hall–Kier alpha value is -0.950. The maximum atomic E-state index is 11.3. The van der Waals surface area contributed by atoms with E-state index in [1.165, 1.54) is 7.11 Å². The van der Waals surface area contributed by atoms with Crippen LogP contribution < -0.4 is 4.74 Å². The van der Waals surface area contributed by atoms with Gasteiger partial charge in [-0.25, -0.2) is 4.79 Å². The largest absolute Gasteiger partial charge is 0.506 e. The molecule has 0 aliphatic carbocycles. The molecule has 1 aromatic rings. The van der Waals surface area contributed by atoms with Crippen molar-refractivity contribution in [3.63, 3.8) is 0 Å². The summed E-state index contributed by atoms with van der Waals surface area (Å²) in [5.41, 5.74) is -0.331. The number of phenolic OH excluding ortho intramolecular Hbond substituents is 2. The Morgan fingerprint density at radius 3 is 1.88 bits per heavy atom. The molecule has 5 nitrogen and oxygen atoms in total. The molecule has 0 aliphatic rings. The van der Waals surface area contributed by atoms with E-state index in [-0.39, 0.29) is 20.3 Å². The number of phenols is 2. The Morgan fingerprint density at radius 2 is 1.56 bits per heavy atom. The number of ether oxygens (including phenoxy) is 2. The second-order valence-electron chi connectivity index (χ2n) is 2.73. The van der Waals surface area contributed by atoms with E-state index in [0.29, 0.717) is 0 Å².